The minimum atomic E-state index is -0.391. The number of rotatable bonds is 6. The molecule has 2 N–H and O–H groups in total. The minimum Gasteiger partial charge on any atom is -0.393 e. The molecular weight excluding hydrogens is 241 g/mol. The molecular formula is C13H19ClFNO. The molecule has 0 heterocycles. The minimum absolute atomic E-state index is 0.154. The number of aliphatic hydroxyl groups is 1. The van der Waals surface area contributed by atoms with E-state index >= 15 is 0 Å². The lowest BCUT2D eigenvalue weighted by Gasteiger charge is -2.14. The van der Waals surface area contributed by atoms with Crippen LogP contribution < -0.4 is 5.32 Å². The van der Waals surface area contributed by atoms with Gasteiger partial charge in [-0.3, -0.25) is 0 Å². The topological polar surface area (TPSA) is 32.3 Å². The number of aliphatic hydroxyl groups excluding tert-OH is 1. The van der Waals surface area contributed by atoms with Gasteiger partial charge in [0, 0.05) is 6.54 Å². The predicted octanol–water partition coefficient (Wildman–Crippen LogP) is 2.98. The fourth-order valence-electron chi connectivity index (χ4n) is 1.78. The van der Waals surface area contributed by atoms with E-state index in [1.165, 1.54) is 6.07 Å². The maximum atomic E-state index is 12.9. The molecule has 17 heavy (non-hydrogen) atoms. The lowest BCUT2D eigenvalue weighted by Crippen LogP contribution is -2.23. The molecule has 0 aliphatic rings. The van der Waals surface area contributed by atoms with Crippen molar-refractivity contribution in [1.82, 2.24) is 5.32 Å². The van der Waals surface area contributed by atoms with Crippen LogP contribution in [0.4, 0.5) is 4.39 Å². The smallest absolute Gasteiger partial charge is 0.141 e. The largest absolute Gasteiger partial charge is 0.393 e. The summed E-state index contributed by atoms with van der Waals surface area (Å²) >= 11 is 5.69. The van der Waals surface area contributed by atoms with Gasteiger partial charge in [0.05, 0.1) is 11.1 Å². The Morgan fingerprint density at radius 2 is 2.12 bits per heavy atom. The maximum Gasteiger partial charge on any atom is 0.141 e. The van der Waals surface area contributed by atoms with Crippen LogP contribution in [0.2, 0.25) is 5.02 Å². The molecule has 2 unspecified atom stereocenters. The number of halogens is 2. The highest BCUT2D eigenvalue weighted by molar-refractivity contribution is 6.30. The normalized spacial score (nSPS) is 14.6. The zero-order valence-electron chi connectivity index (χ0n) is 10.2. The molecule has 0 saturated heterocycles. The number of hydrogen-bond donors (Lipinski definition) is 2. The number of hydrogen-bond acceptors (Lipinski definition) is 2. The molecule has 0 amide bonds. The lowest BCUT2D eigenvalue weighted by atomic mass is 10.0. The Balaban J connectivity index is 2.33. The highest BCUT2D eigenvalue weighted by Crippen LogP contribution is 2.15. The van der Waals surface area contributed by atoms with Gasteiger partial charge in [-0.2, -0.15) is 0 Å². The van der Waals surface area contributed by atoms with Crippen LogP contribution in [0.25, 0.3) is 0 Å². The molecule has 2 atom stereocenters. The third-order valence-electron chi connectivity index (χ3n) is 2.55. The first kappa shape index (κ1) is 14.4. The second-order valence-corrected chi connectivity index (χ2v) is 4.98. The second-order valence-electron chi connectivity index (χ2n) is 4.57. The standard InChI is InChI=1S/C13H19ClFNO/c1-9(5-10(2)17)7-16-8-11-3-4-13(15)12(14)6-11/h3-4,6,9-10,16-17H,5,7-8H2,1-2H3. The van der Waals surface area contributed by atoms with Gasteiger partial charge in [0.1, 0.15) is 5.82 Å². The summed E-state index contributed by atoms with van der Waals surface area (Å²) in [5.74, 6) is 0.0174. The van der Waals surface area contributed by atoms with Gasteiger partial charge in [0.25, 0.3) is 0 Å². The molecule has 0 spiro atoms. The molecule has 0 aliphatic carbocycles. The average Bonchev–Trinajstić information content (AvgIpc) is 2.22. The van der Waals surface area contributed by atoms with E-state index < -0.39 is 5.82 Å². The molecule has 0 bridgehead atoms. The van der Waals surface area contributed by atoms with Crippen LogP contribution in [0, 0.1) is 11.7 Å². The van der Waals surface area contributed by atoms with Crippen molar-refractivity contribution in [3.05, 3.63) is 34.6 Å². The summed E-state index contributed by atoms with van der Waals surface area (Å²) in [5, 5.41) is 12.6. The first-order valence-electron chi connectivity index (χ1n) is 5.81. The molecule has 4 heteroatoms. The van der Waals surface area contributed by atoms with Crippen LogP contribution in [0.15, 0.2) is 18.2 Å². The predicted molar refractivity (Wildman–Crippen MR) is 68.6 cm³/mol. The summed E-state index contributed by atoms with van der Waals surface area (Å²) in [6.07, 6.45) is 0.504. The van der Waals surface area contributed by atoms with Crippen molar-refractivity contribution >= 4 is 11.6 Å². The molecule has 0 aromatic heterocycles. The number of benzene rings is 1. The Kier molecular flexibility index (Phi) is 5.89. The molecule has 0 radical (unpaired) electrons. The van der Waals surface area contributed by atoms with Crippen LogP contribution in [0.3, 0.4) is 0 Å². The molecule has 0 saturated carbocycles. The van der Waals surface area contributed by atoms with Crippen LogP contribution >= 0.6 is 11.6 Å². The Morgan fingerprint density at radius 3 is 2.71 bits per heavy atom. The van der Waals surface area contributed by atoms with Gasteiger partial charge in [0.2, 0.25) is 0 Å². The van der Waals surface area contributed by atoms with Gasteiger partial charge in [-0.25, -0.2) is 4.39 Å². The fourth-order valence-corrected chi connectivity index (χ4v) is 1.98. The van der Waals surface area contributed by atoms with E-state index in [1.807, 2.05) is 0 Å². The molecule has 1 aromatic carbocycles. The van der Waals surface area contributed by atoms with Crippen molar-refractivity contribution in [2.24, 2.45) is 5.92 Å². The Morgan fingerprint density at radius 1 is 1.41 bits per heavy atom. The van der Waals surface area contributed by atoms with Crippen LogP contribution in [-0.2, 0) is 6.54 Å². The van der Waals surface area contributed by atoms with Gasteiger partial charge < -0.3 is 10.4 Å². The third-order valence-corrected chi connectivity index (χ3v) is 2.84. The van der Waals surface area contributed by atoms with E-state index in [1.54, 1.807) is 19.1 Å². The molecule has 96 valence electrons. The van der Waals surface area contributed by atoms with Crippen LogP contribution in [0.1, 0.15) is 25.8 Å². The lowest BCUT2D eigenvalue weighted by molar-refractivity contribution is 0.163. The molecule has 2 nitrogen and oxygen atoms in total. The van der Waals surface area contributed by atoms with E-state index in [0.717, 1.165) is 18.5 Å². The van der Waals surface area contributed by atoms with E-state index in [4.69, 9.17) is 11.6 Å². The van der Waals surface area contributed by atoms with Crippen molar-refractivity contribution in [2.75, 3.05) is 6.54 Å². The average molecular weight is 260 g/mol. The summed E-state index contributed by atoms with van der Waals surface area (Å²) in [7, 11) is 0. The second kappa shape index (κ2) is 6.94. The van der Waals surface area contributed by atoms with Crippen molar-refractivity contribution in [3.8, 4) is 0 Å². The van der Waals surface area contributed by atoms with Crippen molar-refractivity contribution in [2.45, 2.75) is 32.9 Å². The summed E-state index contributed by atoms with van der Waals surface area (Å²) in [4.78, 5) is 0. The monoisotopic (exact) mass is 259 g/mol. The summed E-state index contributed by atoms with van der Waals surface area (Å²) in [5.41, 5.74) is 0.959. The first-order chi connectivity index (χ1) is 7.99. The number of nitrogens with one attached hydrogen (secondary N) is 1. The molecule has 0 fully saturated rings. The highest BCUT2D eigenvalue weighted by atomic mass is 35.5. The van der Waals surface area contributed by atoms with Gasteiger partial charge in [-0.15, -0.1) is 0 Å². The maximum absolute atomic E-state index is 12.9. The van der Waals surface area contributed by atoms with E-state index in [2.05, 4.69) is 12.2 Å². The van der Waals surface area contributed by atoms with Crippen molar-refractivity contribution < 1.29 is 9.50 Å². The van der Waals surface area contributed by atoms with Crippen LogP contribution in [0.5, 0.6) is 0 Å². The van der Waals surface area contributed by atoms with Crippen LogP contribution in [-0.4, -0.2) is 17.8 Å². The molecule has 0 aliphatic heterocycles. The highest BCUT2D eigenvalue weighted by Gasteiger charge is 2.06. The van der Waals surface area contributed by atoms with E-state index in [-0.39, 0.29) is 11.1 Å². The van der Waals surface area contributed by atoms with Crippen molar-refractivity contribution in [3.63, 3.8) is 0 Å². The Hall–Kier alpha value is -0.640. The van der Waals surface area contributed by atoms with Gasteiger partial charge in [-0.05, 0) is 43.5 Å². The zero-order valence-corrected chi connectivity index (χ0v) is 11.0. The molecule has 1 rings (SSSR count). The first-order valence-corrected chi connectivity index (χ1v) is 6.19. The van der Waals surface area contributed by atoms with Gasteiger partial charge >= 0.3 is 0 Å². The molecule has 1 aromatic rings. The SMILES string of the molecule is CC(O)CC(C)CNCc1ccc(F)c(Cl)c1. The van der Waals surface area contributed by atoms with E-state index in [9.17, 15) is 9.50 Å². The summed E-state index contributed by atoms with van der Waals surface area (Å²) in [6.45, 7) is 5.34. The summed E-state index contributed by atoms with van der Waals surface area (Å²) < 4.78 is 12.9. The zero-order chi connectivity index (χ0) is 12.8. The fraction of sp³-hybridized carbons (Fsp3) is 0.538. The summed E-state index contributed by atoms with van der Waals surface area (Å²) in [6, 6.07) is 4.72. The Labute approximate surface area is 107 Å². The van der Waals surface area contributed by atoms with Gasteiger partial charge in [0.15, 0.2) is 0 Å². The third kappa shape index (κ3) is 5.48. The van der Waals surface area contributed by atoms with E-state index in [0.29, 0.717) is 12.5 Å². The van der Waals surface area contributed by atoms with Crippen molar-refractivity contribution in [1.29, 1.82) is 0 Å². The quantitative estimate of drug-likeness (QED) is 0.823. The van der Waals surface area contributed by atoms with Gasteiger partial charge in [-0.1, -0.05) is 24.6 Å². The Bertz CT molecular complexity index is 357.